The Morgan fingerprint density at radius 3 is 3.20 bits per heavy atom. The number of nitrogens with one attached hydrogen (secondary N) is 1. The fourth-order valence-corrected chi connectivity index (χ4v) is 3.33. The summed E-state index contributed by atoms with van der Waals surface area (Å²) in [6.07, 6.45) is 4.89. The number of hydrogen-bond donors (Lipinski definition) is 1. The topological polar surface area (TPSA) is 37.8 Å². The van der Waals surface area contributed by atoms with Crippen LogP contribution in [-0.4, -0.2) is 22.6 Å². The summed E-state index contributed by atoms with van der Waals surface area (Å²) >= 11 is 1.81. The van der Waals surface area contributed by atoms with E-state index < -0.39 is 0 Å². The van der Waals surface area contributed by atoms with Gasteiger partial charge in [0.25, 0.3) is 0 Å². The minimum Gasteiger partial charge on any atom is -0.314 e. The molecule has 0 aromatic carbocycles. The first kappa shape index (κ1) is 9.24. The van der Waals surface area contributed by atoms with Gasteiger partial charge < -0.3 is 5.32 Å². The number of nitrogens with zero attached hydrogens (tertiary/aromatic N) is 2. The molecule has 2 aromatic heterocycles. The SMILES string of the molecule is CC1NCCC1c1nc2cnccc2s1. The average Bonchev–Trinajstić information content (AvgIpc) is 2.82. The Bertz CT molecular complexity index is 446. The van der Waals surface area contributed by atoms with Crippen molar-refractivity contribution in [2.45, 2.75) is 25.3 Å². The van der Waals surface area contributed by atoms with Gasteiger partial charge in [-0.25, -0.2) is 4.98 Å². The van der Waals surface area contributed by atoms with E-state index in [1.54, 1.807) is 0 Å². The first-order valence-corrected chi connectivity index (χ1v) is 6.10. The number of aromatic nitrogens is 2. The normalized spacial score (nSPS) is 26.2. The van der Waals surface area contributed by atoms with Crippen LogP contribution in [0, 0.1) is 0 Å². The molecule has 2 atom stereocenters. The molecule has 1 saturated heterocycles. The molecular formula is C11H13N3S. The lowest BCUT2D eigenvalue weighted by atomic mass is 10.0. The minimum absolute atomic E-state index is 0.554. The van der Waals surface area contributed by atoms with E-state index in [9.17, 15) is 0 Å². The quantitative estimate of drug-likeness (QED) is 0.798. The van der Waals surface area contributed by atoms with Crippen molar-refractivity contribution >= 4 is 21.6 Å². The van der Waals surface area contributed by atoms with Crippen LogP contribution < -0.4 is 5.32 Å². The molecule has 2 aromatic rings. The highest BCUT2D eigenvalue weighted by atomic mass is 32.1. The standard InChI is InChI=1S/C11H13N3S/c1-7-8(2-5-13-7)11-14-9-6-12-4-3-10(9)15-11/h3-4,6-8,13H,2,5H2,1H3. The summed E-state index contributed by atoms with van der Waals surface area (Å²) in [4.78, 5) is 8.76. The molecule has 2 unspecified atom stereocenters. The summed E-state index contributed by atoms with van der Waals surface area (Å²) in [6.45, 7) is 3.35. The molecule has 0 saturated carbocycles. The van der Waals surface area contributed by atoms with Gasteiger partial charge in [0.1, 0.15) is 0 Å². The number of hydrogen-bond acceptors (Lipinski definition) is 4. The first-order chi connectivity index (χ1) is 7.34. The fraction of sp³-hybridized carbons (Fsp3) is 0.455. The molecule has 78 valence electrons. The highest BCUT2D eigenvalue weighted by Crippen LogP contribution is 2.33. The third-order valence-corrected chi connectivity index (χ3v) is 4.22. The maximum Gasteiger partial charge on any atom is 0.0998 e. The number of fused-ring (bicyclic) bond motifs is 1. The predicted molar refractivity (Wildman–Crippen MR) is 62.2 cm³/mol. The van der Waals surface area contributed by atoms with Crippen molar-refractivity contribution in [3.63, 3.8) is 0 Å². The Morgan fingerprint density at radius 2 is 2.47 bits per heavy atom. The number of rotatable bonds is 1. The Balaban J connectivity index is 2.04. The summed E-state index contributed by atoms with van der Waals surface area (Å²) in [6, 6.07) is 2.60. The van der Waals surface area contributed by atoms with Crippen molar-refractivity contribution in [2.75, 3.05) is 6.54 Å². The van der Waals surface area contributed by atoms with Gasteiger partial charge in [0.05, 0.1) is 21.4 Å². The summed E-state index contributed by atoms with van der Waals surface area (Å²) < 4.78 is 1.25. The third-order valence-electron chi connectivity index (χ3n) is 3.05. The molecule has 0 radical (unpaired) electrons. The van der Waals surface area contributed by atoms with E-state index in [1.165, 1.54) is 16.1 Å². The van der Waals surface area contributed by atoms with Gasteiger partial charge in [-0.1, -0.05) is 0 Å². The molecule has 3 heterocycles. The zero-order valence-corrected chi connectivity index (χ0v) is 9.42. The van der Waals surface area contributed by atoms with Crippen LogP contribution in [0.2, 0.25) is 0 Å². The molecule has 15 heavy (non-hydrogen) atoms. The van der Waals surface area contributed by atoms with Crippen molar-refractivity contribution in [3.8, 4) is 0 Å². The molecule has 1 fully saturated rings. The zero-order chi connectivity index (χ0) is 10.3. The lowest BCUT2D eigenvalue weighted by Crippen LogP contribution is -2.21. The van der Waals surface area contributed by atoms with Crippen molar-refractivity contribution in [1.82, 2.24) is 15.3 Å². The van der Waals surface area contributed by atoms with Crippen LogP contribution in [0.5, 0.6) is 0 Å². The lowest BCUT2D eigenvalue weighted by molar-refractivity contribution is 0.592. The van der Waals surface area contributed by atoms with E-state index in [0.29, 0.717) is 12.0 Å². The van der Waals surface area contributed by atoms with Gasteiger partial charge in [-0.3, -0.25) is 4.98 Å². The highest BCUT2D eigenvalue weighted by molar-refractivity contribution is 7.18. The van der Waals surface area contributed by atoms with Crippen molar-refractivity contribution < 1.29 is 0 Å². The smallest absolute Gasteiger partial charge is 0.0998 e. The second-order valence-electron chi connectivity index (χ2n) is 4.03. The van der Waals surface area contributed by atoms with Gasteiger partial charge in [0, 0.05) is 18.2 Å². The number of thiazole rings is 1. The summed E-state index contributed by atoms with van der Waals surface area (Å²) in [7, 11) is 0. The number of pyridine rings is 1. The molecule has 1 aliphatic rings. The van der Waals surface area contributed by atoms with Crippen molar-refractivity contribution in [3.05, 3.63) is 23.5 Å². The monoisotopic (exact) mass is 219 g/mol. The Hall–Kier alpha value is -1.00. The van der Waals surface area contributed by atoms with Gasteiger partial charge in [-0.2, -0.15) is 0 Å². The van der Waals surface area contributed by atoms with Gasteiger partial charge in [-0.15, -0.1) is 11.3 Å². The van der Waals surface area contributed by atoms with Crippen LogP contribution in [0.15, 0.2) is 18.5 Å². The largest absolute Gasteiger partial charge is 0.314 e. The van der Waals surface area contributed by atoms with E-state index in [2.05, 4.69) is 22.2 Å². The van der Waals surface area contributed by atoms with E-state index in [-0.39, 0.29) is 0 Å². The summed E-state index contributed by atoms with van der Waals surface area (Å²) in [5.41, 5.74) is 1.04. The molecule has 1 N–H and O–H groups in total. The van der Waals surface area contributed by atoms with E-state index >= 15 is 0 Å². The molecular weight excluding hydrogens is 206 g/mol. The van der Waals surface area contributed by atoms with Gasteiger partial charge in [0.2, 0.25) is 0 Å². The van der Waals surface area contributed by atoms with Crippen LogP contribution in [0.3, 0.4) is 0 Å². The van der Waals surface area contributed by atoms with E-state index in [1.807, 2.05) is 29.8 Å². The van der Waals surface area contributed by atoms with Gasteiger partial charge >= 0.3 is 0 Å². The molecule has 1 aliphatic heterocycles. The van der Waals surface area contributed by atoms with Crippen LogP contribution in [0.25, 0.3) is 10.2 Å². The minimum atomic E-state index is 0.554. The van der Waals surface area contributed by atoms with Crippen LogP contribution in [0.1, 0.15) is 24.3 Å². The summed E-state index contributed by atoms with van der Waals surface area (Å²) in [5.74, 6) is 0.586. The van der Waals surface area contributed by atoms with Gasteiger partial charge in [0.15, 0.2) is 0 Å². The fourth-order valence-electron chi connectivity index (χ4n) is 2.15. The Kier molecular flexibility index (Phi) is 2.18. The summed E-state index contributed by atoms with van der Waals surface area (Å²) in [5, 5.41) is 4.72. The maximum atomic E-state index is 4.66. The molecule has 3 rings (SSSR count). The second kappa shape index (κ2) is 3.54. The average molecular weight is 219 g/mol. The Labute approximate surface area is 92.6 Å². The van der Waals surface area contributed by atoms with Gasteiger partial charge in [-0.05, 0) is 26.0 Å². The molecule has 3 nitrogen and oxygen atoms in total. The molecule has 0 aliphatic carbocycles. The van der Waals surface area contributed by atoms with Crippen LogP contribution >= 0.6 is 11.3 Å². The van der Waals surface area contributed by atoms with Crippen molar-refractivity contribution in [2.24, 2.45) is 0 Å². The zero-order valence-electron chi connectivity index (χ0n) is 8.60. The Morgan fingerprint density at radius 1 is 1.53 bits per heavy atom. The molecule has 0 spiro atoms. The van der Waals surface area contributed by atoms with E-state index in [4.69, 9.17) is 0 Å². The lowest BCUT2D eigenvalue weighted by Gasteiger charge is -2.10. The van der Waals surface area contributed by atoms with Crippen LogP contribution in [0.4, 0.5) is 0 Å². The predicted octanol–water partition coefficient (Wildman–Crippen LogP) is 2.16. The first-order valence-electron chi connectivity index (χ1n) is 5.28. The second-order valence-corrected chi connectivity index (χ2v) is 5.10. The van der Waals surface area contributed by atoms with Crippen molar-refractivity contribution in [1.29, 1.82) is 0 Å². The maximum absolute atomic E-state index is 4.66. The van der Waals surface area contributed by atoms with Crippen LogP contribution in [-0.2, 0) is 0 Å². The van der Waals surface area contributed by atoms with E-state index in [0.717, 1.165) is 12.1 Å². The third kappa shape index (κ3) is 1.54. The molecule has 0 bridgehead atoms. The molecule has 0 amide bonds. The highest BCUT2D eigenvalue weighted by Gasteiger charge is 2.27. The molecule has 4 heteroatoms.